The van der Waals surface area contributed by atoms with E-state index >= 15 is 0 Å². The van der Waals surface area contributed by atoms with Crippen LogP contribution in [0.4, 0.5) is 18.9 Å². The number of amides is 1. The van der Waals surface area contributed by atoms with Crippen molar-refractivity contribution in [2.45, 2.75) is 6.18 Å². The molecule has 1 amide bonds. The first-order chi connectivity index (χ1) is 8.88. The normalized spacial score (nSPS) is 11.4. The van der Waals surface area contributed by atoms with Gasteiger partial charge in [0.2, 0.25) is 0 Å². The van der Waals surface area contributed by atoms with Crippen LogP contribution in [0, 0.1) is 0 Å². The molecule has 1 aromatic heterocycles. The smallest absolute Gasteiger partial charge is 0.319 e. The summed E-state index contributed by atoms with van der Waals surface area (Å²) in [7, 11) is 0. The van der Waals surface area contributed by atoms with E-state index in [4.69, 9.17) is 11.6 Å². The number of carbonyl (C=O) groups excluding carboxylic acids is 1. The maximum absolute atomic E-state index is 12.4. The lowest BCUT2D eigenvalue weighted by Crippen LogP contribution is -2.13. The first-order valence-electron chi connectivity index (χ1n) is 4.92. The molecule has 1 heterocycles. The van der Waals surface area contributed by atoms with E-state index in [9.17, 15) is 18.0 Å². The summed E-state index contributed by atoms with van der Waals surface area (Å²) in [4.78, 5) is 11.6. The zero-order chi connectivity index (χ0) is 14.0. The Balaban J connectivity index is 2.21. The summed E-state index contributed by atoms with van der Waals surface area (Å²) in [6.07, 6.45) is -3.31. The lowest BCUT2D eigenvalue weighted by Gasteiger charge is -2.10. The van der Waals surface area contributed by atoms with Crippen LogP contribution in [0.1, 0.15) is 16.1 Å². The number of alkyl halides is 3. The van der Waals surface area contributed by atoms with Gasteiger partial charge < -0.3 is 5.32 Å². The number of aromatic amines is 1. The summed E-state index contributed by atoms with van der Waals surface area (Å²) in [5, 5.41) is 11.3. The quantitative estimate of drug-likeness (QED) is 0.893. The third kappa shape index (κ3) is 3.02. The molecule has 0 radical (unpaired) electrons. The number of aromatic nitrogens is 3. The number of nitrogens with one attached hydrogen (secondary N) is 2. The summed E-state index contributed by atoms with van der Waals surface area (Å²) in [5.74, 6) is -0.629. The highest BCUT2D eigenvalue weighted by Gasteiger charge is 2.31. The Labute approximate surface area is 109 Å². The molecule has 0 unspecified atom stereocenters. The Morgan fingerprint density at radius 1 is 1.37 bits per heavy atom. The van der Waals surface area contributed by atoms with Crippen molar-refractivity contribution in [1.29, 1.82) is 0 Å². The van der Waals surface area contributed by atoms with E-state index in [1.165, 1.54) is 6.20 Å². The van der Waals surface area contributed by atoms with Crippen LogP contribution in [0.5, 0.6) is 0 Å². The Kier molecular flexibility index (Phi) is 3.43. The standard InChI is InChI=1S/C10H6ClF3N4O/c11-6-3-5(10(12,13)14)1-2-7(6)16-9(19)8-4-15-18-17-8/h1-4H,(H,16,19)(H,15,17,18). The van der Waals surface area contributed by atoms with E-state index in [-0.39, 0.29) is 16.4 Å². The lowest BCUT2D eigenvalue weighted by atomic mass is 10.2. The fourth-order valence-corrected chi connectivity index (χ4v) is 1.52. The van der Waals surface area contributed by atoms with Crippen LogP contribution in [-0.2, 0) is 6.18 Å². The van der Waals surface area contributed by atoms with Gasteiger partial charge >= 0.3 is 6.18 Å². The number of hydrogen-bond donors (Lipinski definition) is 2. The molecule has 100 valence electrons. The van der Waals surface area contributed by atoms with Crippen LogP contribution < -0.4 is 5.32 Å². The van der Waals surface area contributed by atoms with Crippen molar-refractivity contribution in [3.05, 3.63) is 40.7 Å². The average molecular weight is 291 g/mol. The van der Waals surface area contributed by atoms with Gasteiger partial charge in [-0.3, -0.25) is 4.79 Å². The minimum atomic E-state index is -4.49. The highest BCUT2D eigenvalue weighted by molar-refractivity contribution is 6.34. The molecule has 0 spiro atoms. The van der Waals surface area contributed by atoms with Gasteiger partial charge in [0.25, 0.3) is 5.91 Å². The van der Waals surface area contributed by atoms with Crippen LogP contribution in [0.25, 0.3) is 0 Å². The first-order valence-corrected chi connectivity index (χ1v) is 5.29. The van der Waals surface area contributed by atoms with Gasteiger partial charge in [0.15, 0.2) is 5.69 Å². The number of H-pyrrole nitrogens is 1. The van der Waals surface area contributed by atoms with E-state index in [0.717, 1.165) is 18.2 Å². The van der Waals surface area contributed by atoms with Gasteiger partial charge in [0, 0.05) is 0 Å². The van der Waals surface area contributed by atoms with E-state index in [2.05, 4.69) is 20.7 Å². The molecule has 0 aliphatic rings. The van der Waals surface area contributed by atoms with Gasteiger partial charge in [-0.1, -0.05) is 11.6 Å². The van der Waals surface area contributed by atoms with Crippen molar-refractivity contribution in [3.63, 3.8) is 0 Å². The summed E-state index contributed by atoms with van der Waals surface area (Å²) in [6.45, 7) is 0. The van der Waals surface area contributed by atoms with E-state index < -0.39 is 17.6 Å². The zero-order valence-electron chi connectivity index (χ0n) is 9.12. The predicted molar refractivity (Wildman–Crippen MR) is 60.8 cm³/mol. The molecule has 0 aliphatic heterocycles. The van der Waals surface area contributed by atoms with Gasteiger partial charge in [-0.2, -0.15) is 28.6 Å². The maximum atomic E-state index is 12.4. The number of hydrogen-bond acceptors (Lipinski definition) is 3. The van der Waals surface area contributed by atoms with E-state index in [1.54, 1.807) is 0 Å². The largest absolute Gasteiger partial charge is 0.416 e. The molecule has 0 fully saturated rings. The second-order valence-electron chi connectivity index (χ2n) is 3.50. The SMILES string of the molecule is O=C(Nc1ccc(C(F)(F)F)cc1Cl)c1cn[nH]n1. The van der Waals surface area contributed by atoms with Gasteiger partial charge in [-0.25, -0.2) is 0 Å². The lowest BCUT2D eigenvalue weighted by molar-refractivity contribution is -0.137. The summed E-state index contributed by atoms with van der Waals surface area (Å²) < 4.78 is 37.3. The molecule has 2 rings (SSSR count). The third-order valence-corrected chi connectivity index (χ3v) is 2.50. The predicted octanol–water partition coefficient (Wildman–Crippen LogP) is 2.73. The van der Waals surface area contributed by atoms with E-state index in [0.29, 0.717) is 0 Å². The van der Waals surface area contributed by atoms with Gasteiger partial charge in [0.05, 0.1) is 22.5 Å². The number of rotatable bonds is 2. The van der Waals surface area contributed by atoms with Gasteiger partial charge in [-0.05, 0) is 18.2 Å². The molecule has 0 saturated carbocycles. The van der Waals surface area contributed by atoms with Gasteiger partial charge in [-0.15, -0.1) is 0 Å². The Hall–Kier alpha value is -2.09. The zero-order valence-corrected chi connectivity index (χ0v) is 9.88. The molecule has 0 atom stereocenters. The molecule has 2 aromatic rings. The van der Waals surface area contributed by atoms with Crippen molar-refractivity contribution in [1.82, 2.24) is 15.4 Å². The minimum Gasteiger partial charge on any atom is -0.319 e. The Morgan fingerprint density at radius 2 is 2.11 bits per heavy atom. The number of carbonyl (C=O) groups is 1. The minimum absolute atomic E-state index is 0.00374. The van der Waals surface area contributed by atoms with Crippen LogP contribution in [0.2, 0.25) is 5.02 Å². The number of anilines is 1. The number of halogens is 4. The molecule has 0 saturated heterocycles. The Bertz CT molecular complexity index is 597. The molecular formula is C10H6ClF3N4O. The van der Waals surface area contributed by atoms with Crippen LogP contribution >= 0.6 is 11.6 Å². The fourth-order valence-electron chi connectivity index (χ4n) is 1.29. The van der Waals surface area contributed by atoms with Crippen molar-refractivity contribution in [3.8, 4) is 0 Å². The summed E-state index contributed by atoms with van der Waals surface area (Å²) >= 11 is 5.68. The van der Waals surface area contributed by atoms with Crippen molar-refractivity contribution >= 4 is 23.2 Å². The third-order valence-electron chi connectivity index (χ3n) is 2.19. The average Bonchev–Trinajstić information content (AvgIpc) is 2.84. The molecular weight excluding hydrogens is 285 g/mol. The highest BCUT2D eigenvalue weighted by Crippen LogP contribution is 2.33. The molecule has 1 aromatic carbocycles. The van der Waals surface area contributed by atoms with Crippen LogP contribution in [-0.4, -0.2) is 21.3 Å². The Morgan fingerprint density at radius 3 is 2.63 bits per heavy atom. The molecule has 0 bridgehead atoms. The topological polar surface area (TPSA) is 70.7 Å². The van der Waals surface area contributed by atoms with Crippen molar-refractivity contribution < 1.29 is 18.0 Å². The monoisotopic (exact) mass is 290 g/mol. The number of nitrogens with zero attached hydrogens (tertiary/aromatic N) is 2. The first kappa shape index (κ1) is 13.3. The van der Waals surface area contributed by atoms with E-state index in [1.807, 2.05) is 0 Å². The molecule has 0 aliphatic carbocycles. The van der Waals surface area contributed by atoms with Crippen LogP contribution in [0.3, 0.4) is 0 Å². The van der Waals surface area contributed by atoms with Crippen molar-refractivity contribution in [2.75, 3.05) is 5.32 Å². The maximum Gasteiger partial charge on any atom is 0.416 e. The second kappa shape index (κ2) is 4.88. The summed E-state index contributed by atoms with van der Waals surface area (Å²) in [6, 6.07) is 2.63. The summed E-state index contributed by atoms with van der Waals surface area (Å²) in [5.41, 5.74) is -0.837. The second-order valence-corrected chi connectivity index (χ2v) is 3.91. The molecule has 5 nitrogen and oxygen atoms in total. The highest BCUT2D eigenvalue weighted by atomic mass is 35.5. The number of benzene rings is 1. The molecule has 19 heavy (non-hydrogen) atoms. The molecule has 2 N–H and O–H groups in total. The fraction of sp³-hybridized carbons (Fsp3) is 0.100. The van der Waals surface area contributed by atoms with Gasteiger partial charge in [0.1, 0.15) is 0 Å². The van der Waals surface area contributed by atoms with Crippen molar-refractivity contribution in [2.24, 2.45) is 0 Å². The molecule has 9 heteroatoms. The van der Waals surface area contributed by atoms with Crippen LogP contribution in [0.15, 0.2) is 24.4 Å².